The summed E-state index contributed by atoms with van der Waals surface area (Å²) < 4.78 is 0. The molecule has 0 aliphatic heterocycles. The van der Waals surface area contributed by atoms with Crippen molar-refractivity contribution in [1.82, 2.24) is 9.80 Å². The van der Waals surface area contributed by atoms with E-state index in [1.54, 1.807) is 11.8 Å². The maximum atomic E-state index is 10.9. The van der Waals surface area contributed by atoms with E-state index in [1.807, 2.05) is 7.05 Å². The Labute approximate surface area is 81.7 Å². The highest BCUT2D eigenvalue weighted by Crippen LogP contribution is 1.92. The molecule has 78 valence electrons. The third-order valence-corrected chi connectivity index (χ3v) is 2.25. The highest BCUT2D eigenvalue weighted by atomic mass is 16.2. The van der Waals surface area contributed by atoms with Gasteiger partial charge in [-0.25, -0.2) is 0 Å². The van der Waals surface area contributed by atoms with E-state index >= 15 is 0 Å². The molecule has 0 rings (SSSR count). The number of rotatable bonds is 6. The van der Waals surface area contributed by atoms with Crippen molar-refractivity contribution in [3.63, 3.8) is 0 Å². The Kier molecular flexibility index (Phi) is 6.59. The average Bonchev–Trinajstić information content (AvgIpc) is 2.10. The molecule has 1 amide bonds. The lowest BCUT2D eigenvalue weighted by molar-refractivity contribution is -0.127. The van der Waals surface area contributed by atoms with Crippen LogP contribution in [-0.4, -0.2) is 49.4 Å². The standard InChI is InChI=1S/C10H22N2O/c1-5-6-7-11(3)8-9-12(4)10(2)13/h5-9H2,1-4H3. The monoisotopic (exact) mass is 186 g/mol. The fraction of sp³-hybridized carbons (Fsp3) is 0.900. The Balaban J connectivity index is 3.45. The minimum atomic E-state index is 0.142. The molecule has 0 aliphatic carbocycles. The smallest absolute Gasteiger partial charge is 0.219 e. The number of hydrogen-bond acceptors (Lipinski definition) is 2. The van der Waals surface area contributed by atoms with Crippen molar-refractivity contribution in [2.24, 2.45) is 0 Å². The second kappa shape index (κ2) is 6.89. The molecule has 0 fully saturated rings. The number of hydrogen-bond donors (Lipinski definition) is 0. The molecule has 0 atom stereocenters. The van der Waals surface area contributed by atoms with E-state index < -0.39 is 0 Å². The SMILES string of the molecule is CCCCN(C)CCN(C)C(C)=O. The first kappa shape index (κ1) is 12.4. The number of unbranched alkanes of at least 4 members (excludes halogenated alkanes) is 1. The van der Waals surface area contributed by atoms with Crippen LogP contribution in [0.3, 0.4) is 0 Å². The van der Waals surface area contributed by atoms with Gasteiger partial charge >= 0.3 is 0 Å². The molecule has 0 bridgehead atoms. The van der Waals surface area contributed by atoms with Gasteiger partial charge in [-0.1, -0.05) is 13.3 Å². The highest BCUT2D eigenvalue weighted by Gasteiger charge is 2.03. The van der Waals surface area contributed by atoms with Gasteiger partial charge in [0.1, 0.15) is 0 Å². The zero-order valence-electron chi connectivity index (χ0n) is 9.34. The first-order valence-corrected chi connectivity index (χ1v) is 4.98. The number of carbonyl (C=O) groups is 1. The van der Waals surface area contributed by atoms with Gasteiger partial charge in [-0.2, -0.15) is 0 Å². The Morgan fingerprint density at radius 2 is 1.77 bits per heavy atom. The van der Waals surface area contributed by atoms with Gasteiger partial charge in [-0.3, -0.25) is 4.79 Å². The van der Waals surface area contributed by atoms with Crippen LogP contribution in [0.5, 0.6) is 0 Å². The van der Waals surface area contributed by atoms with E-state index in [4.69, 9.17) is 0 Å². The second-order valence-corrected chi connectivity index (χ2v) is 3.60. The van der Waals surface area contributed by atoms with Crippen molar-refractivity contribution in [1.29, 1.82) is 0 Å². The van der Waals surface area contributed by atoms with E-state index in [0.29, 0.717) is 0 Å². The fourth-order valence-corrected chi connectivity index (χ4v) is 1.02. The topological polar surface area (TPSA) is 23.6 Å². The summed E-state index contributed by atoms with van der Waals surface area (Å²) >= 11 is 0. The van der Waals surface area contributed by atoms with Crippen LogP contribution in [0, 0.1) is 0 Å². The summed E-state index contributed by atoms with van der Waals surface area (Å²) in [5.41, 5.74) is 0. The van der Waals surface area contributed by atoms with Gasteiger partial charge in [0.15, 0.2) is 0 Å². The molecule has 0 aromatic heterocycles. The van der Waals surface area contributed by atoms with Crippen molar-refractivity contribution in [2.45, 2.75) is 26.7 Å². The third-order valence-electron chi connectivity index (χ3n) is 2.25. The fourth-order valence-electron chi connectivity index (χ4n) is 1.02. The number of carbonyl (C=O) groups excluding carboxylic acids is 1. The minimum absolute atomic E-state index is 0.142. The van der Waals surface area contributed by atoms with Gasteiger partial charge < -0.3 is 9.80 Å². The van der Waals surface area contributed by atoms with Gasteiger partial charge in [-0.15, -0.1) is 0 Å². The van der Waals surface area contributed by atoms with Gasteiger partial charge in [-0.05, 0) is 20.0 Å². The van der Waals surface area contributed by atoms with Crippen molar-refractivity contribution < 1.29 is 4.79 Å². The molecule has 3 heteroatoms. The van der Waals surface area contributed by atoms with Crippen molar-refractivity contribution in [3.8, 4) is 0 Å². The predicted octanol–water partition coefficient (Wildman–Crippen LogP) is 1.20. The maximum Gasteiger partial charge on any atom is 0.219 e. The number of amides is 1. The van der Waals surface area contributed by atoms with Gasteiger partial charge in [0.25, 0.3) is 0 Å². The van der Waals surface area contributed by atoms with E-state index in [-0.39, 0.29) is 5.91 Å². The summed E-state index contributed by atoms with van der Waals surface area (Å²) in [7, 11) is 3.94. The molecule has 0 N–H and O–H groups in total. The molecule has 0 radical (unpaired) electrons. The Hall–Kier alpha value is -0.570. The Bertz CT molecular complexity index is 148. The quantitative estimate of drug-likeness (QED) is 0.622. The molecular formula is C10H22N2O. The van der Waals surface area contributed by atoms with E-state index in [0.717, 1.165) is 19.6 Å². The van der Waals surface area contributed by atoms with Gasteiger partial charge in [0.05, 0.1) is 0 Å². The zero-order valence-corrected chi connectivity index (χ0v) is 9.34. The van der Waals surface area contributed by atoms with Crippen LogP contribution >= 0.6 is 0 Å². The van der Waals surface area contributed by atoms with Crippen LogP contribution in [0.1, 0.15) is 26.7 Å². The van der Waals surface area contributed by atoms with Crippen LogP contribution in [0.4, 0.5) is 0 Å². The predicted molar refractivity (Wildman–Crippen MR) is 55.7 cm³/mol. The molecule has 0 heterocycles. The van der Waals surface area contributed by atoms with Crippen molar-refractivity contribution in [3.05, 3.63) is 0 Å². The van der Waals surface area contributed by atoms with Gasteiger partial charge in [0.2, 0.25) is 5.91 Å². The molecule has 0 unspecified atom stereocenters. The summed E-state index contributed by atoms with van der Waals surface area (Å²) in [4.78, 5) is 14.9. The Morgan fingerprint density at radius 3 is 2.23 bits per heavy atom. The van der Waals surface area contributed by atoms with Crippen LogP contribution in [0.25, 0.3) is 0 Å². The molecule has 13 heavy (non-hydrogen) atoms. The van der Waals surface area contributed by atoms with Crippen molar-refractivity contribution in [2.75, 3.05) is 33.7 Å². The molecule has 0 spiro atoms. The van der Waals surface area contributed by atoms with Crippen LogP contribution in [0.2, 0.25) is 0 Å². The summed E-state index contributed by atoms with van der Waals surface area (Å²) in [6.07, 6.45) is 2.47. The van der Waals surface area contributed by atoms with E-state index in [9.17, 15) is 4.79 Å². The lowest BCUT2D eigenvalue weighted by atomic mass is 10.3. The number of likely N-dealkylation sites (N-methyl/N-ethyl adjacent to an activating group) is 2. The van der Waals surface area contributed by atoms with Crippen LogP contribution < -0.4 is 0 Å². The van der Waals surface area contributed by atoms with E-state index in [1.165, 1.54) is 12.8 Å². The van der Waals surface area contributed by atoms with Gasteiger partial charge in [0, 0.05) is 27.1 Å². The van der Waals surface area contributed by atoms with Crippen LogP contribution in [0.15, 0.2) is 0 Å². The lowest BCUT2D eigenvalue weighted by Crippen LogP contribution is -2.33. The maximum absolute atomic E-state index is 10.9. The lowest BCUT2D eigenvalue weighted by Gasteiger charge is -2.20. The normalized spacial score (nSPS) is 10.5. The van der Waals surface area contributed by atoms with Crippen LogP contribution in [-0.2, 0) is 4.79 Å². The molecule has 0 saturated heterocycles. The number of nitrogens with zero attached hydrogens (tertiary/aromatic N) is 2. The summed E-state index contributed by atoms with van der Waals surface area (Å²) in [5.74, 6) is 0.142. The first-order chi connectivity index (χ1) is 6.07. The van der Waals surface area contributed by atoms with Crippen molar-refractivity contribution >= 4 is 5.91 Å². The largest absolute Gasteiger partial charge is 0.345 e. The molecule has 0 aromatic carbocycles. The Morgan fingerprint density at radius 1 is 1.15 bits per heavy atom. The summed E-state index contributed by atoms with van der Waals surface area (Å²) in [5, 5.41) is 0. The molecule has 0 aromatic rings. The summed E-state index contributed by atoms with van der Waals surface area (Å²) in [6, 6.07) is 0. The third kappa shape index (κ3) is 6.58. The molecule has 0 saturated carbocycles. The zero-order chi connectivity index (χ0) is 10.3. The summed E-state index contributed by atoms with van der Waals surface area (Å²) in [6.45, 7) is 6.72. The highest BCUT2D eigenvalue weighted by molar-refractivity contribution is 5.72. The molecular weight excluding hydrogens is 164 g/mol. The molecule has 3 nitrogen and oxygen atoms in total. The average molecular weight is 186 g/mol. The second-order valence-electron chi connectivity index (χ2n) is 3.60. The van der Waals surface area contributed by atoms with E-state index in [2.05, 4.69) is 18.9 Å². The first-order valence-electron chi connectivity index (χ1n) is 4.98. The minimum Gasteiger partial charge on any atom is -0.345 e. The molecule has 0 aliphatic rings.